The van der Waals surface area contributed by atoms with Crippen molar-refractivity contribution in [2.24, 2.45) is 0 Å². The van der Waals surface area contributed by atoms with Gasteiger partial charge in [-0.3, -0.25) is 0 Å². The van der Waals surface area contributed by atoms with Crippen LogP contribution in [0.15, 0.2) is 29.8 Å². The third-order valence-corrected chi connectivity index (χ3v) is 2.42. The SMILES string of the molecule is N#Cc1ccccc1/C=C1/CCNC1. The lowest BCUT2D eigenvalue weighted by Gasteiger charge is -1.98. The van der Waals surface area contributed by atoms with Gasteiger partial charge >= 0.3 is 0 Å². The molecule has 1 heterocycles. The van der Waals surface area contributed by atoms with Crippen molar-refractivity contribution in [2.45, 2.75) is 6.42 Å². The fourth-order valence-corrected chi connectivity index (χ4v) is 1.65. The van der Waals surface area contributed by atoms with E-state index in [0.29, 0.717) is 0 Å². The highest BCUT2D eigenvalue weighted by Crippen LogP contribution is 2.15. The molecule has 0 unspecified atom stereocenters. The molecule has 14 heavy (non-hydrogen) atoms. The molecule has 1 aromatic rings. The van der Waals surface area contributed by atoms with Crippen LogP contribution in [-0.4, -0.2) is 13.1 Å². The molecule has 1 N–H and O–H groups in total. The second-order valence-corrected chi connectivity index (χ2v) is 3.43. The molecule has 70 valence electrons. The number of hydrogen-bond acceptors (Lipinski definition) is 2. The Morgan fingerprint density at radius 2 is 2.21 bits per heavy atom. The molecular formula is C12H12N2. The van der Waals surface area contributed by atoms with Gasteiger partial charge in [-0.25, -0.2) is 0 Å². The average Bonchev–Trinajstić information content (AvgIpc) is 2.71. The van der Waals surface area contributed by atoms with Crippen molar-refractivity contribution in [3.05, 3.63) is 41.0 Å². The summed E-state index contributed by atoms with van der Waals surface area (Å²) in [5.41, 5.74) is 3.17. The zero-order chi connectivity index (χ0) is 9.80. The first-order valence-electron chi connectivity index (χ1n) is 4.79. The molecule has 2 rings (SSSR count). The maximum absolute atomic E-state index is 8.90. The van der Waals surface area contributed by atoms with Crippen molar-refractivity contribution in [1.29, 1.82) is 5.26 Å². The first kappa shape index (κ1) is 8.98. The van der Waals surface area contributed by atoms with E-state index >= 15 is 0 Å². The van der Waals surface area contributed by atoms with Crippen LogP contribution in [-0.2, 0) is 0 Å². The summed E-state index contributed by atoms with van der Waals surface area (Å²) in [5, 5.41) is 12.2. The van der Waals surface area contributed by atoms with Crippen LogP contribution in [0, 0.1) is 11.3 Å². The molecule has 0 aromatic heterocycles. The first-order chi connectivity index (χ1) is 6.90. The van der Waals surface area contributed by atoms with E-state index in [9.17, 15) is 0 Å². The Morgan fingerprint density at radius 3 is 2.93 bits per heavy atom. The van der Waals surface area contributed by atoms with Crippen molar-refractivity contribution >= 4 is 6.08 Å². The molecule has 1 saturated heterocycles. The van der Waals surface area contributed by atoms with E-state index in [2.05, 4.69) is 17.5 Å². The Labute approximate surface area is 83.9 Å². The quantitative estimate of drug-likeness (QED) is 0.724. The minimum atomic E-state index is 0.756. The fraction of sp³-hybridized carbons (Fsp3) is 0.250. The highest BCUT2D eigenvalue weighted by atomic mass is 14.9. The molecule has 1 aromatic carbocycles. The van der Waals surface area contributed by atoms with Crippen LogP contribution < -0.4 is 5.32 Å². The average molecular weight is 184 g/mol. The molecule has 1 aliphatic heterocycles. The lowest BCUT2D eigenvalue weighted by atomic mass is 10.1. The maximum atomic E-state index is 8.90. The predicted octanol–water partition coefficient (Wildman–Crippen LogP) is 1.93. The monoisotopic (exact) mass is 184 g/mol. The van der Waals surface area contributed by atoms with Gasteiger partial charge in [0.15, 0.2) is 0 Å². The van der Waals surface area contributed by atoms with Gasteiger partial charge in [0.2, 0.25) is 0 Å². The summed E-state index contributed by atoms with van der Waals surface area (Å²) in [6.45, 7) is 2.01. The van der Waals surface area contributed by atoms with Gasteiger partial charge in [-0.2, -0.15) is 5.26 Å². The van der Waals surface area contributed by atoms with Crippen molar-refractivity contribution in [2.75, 3.05) is 13.1 Å². The molecule has 0 bridgehead atoms. The summed E-state index contributed by atoms with van der Waals surface area (Å²) in [5.74, 6) is 0. The van der Waals surface area contributed by atoms with Crippen LogP contribution in [0.5, 0.6) is 0 Å². The second kappa shape index (κ2) is 4.08. The van der Waals surface area contributed by atoms with Crippen molar-refractivity contribution in [3.63, 3.8) is 0 Å². The highest BCUT2D eigenvalue weighted by molar-refractivity contribution is 5.60. The molecule has 0 spiro atoms. The summed E-state index contributed by atoms with van der Waals surface area (Å²) < 4.78 is 0. The third kappa shape index (κ3) is 1.84. The number of hydrogen-bond donors (Lipinski definition) is 1. The summed E-state index contributed by atoms with van der Waals surface area (Å²) >= 11 is 0. The number of nitrogens with one attached hydrogen (secondary N) is 1. The van der Waals surface area contributed by atoms with Crippen molar-refractivity contribution < 1.29 is 0 Å². The van der Waals surface area contributed by atoms with Crippen LogP contribution in [0.1, 0.15) is 17.5 Å². The zero-order valence-corrected chi connectivity index (χ0v) is 7.96. The van der Waals surface area contributed by atoms with Crippen LogP contribution in [0.4, 0.5) is 0 Å². The third-order valence-electron chi connectivity index (χ3n) is 2.42. The summed E-state index contributed by atoms with van der Waals surface area (Å²) in [4.78, 5) is 0. The van der Waals surface area contributed by atoms with Crippen LogP contribution >= 0.6 is 0 Å². The van der Waals surface area contributed by atoms with Crippen molar-refractivity contribution in [3.8, 4) is 6.07 Å². The first-order valence-corrected chi connectivity index (χ1v) is 4.79. The smallest absolute Gasteiger partial charge is 0.0997 e. The molecule has 0 saturated carbocycles. The Hall–Kier alpha value is -1.59. The topological polar surface area (TPSA) is 35.8 Å². The van der Waals surface area contributed by atoms with Crippen LogP contribution in [0.2, 0.25) is 0 Å². The van der Waals surface area contributed by atoms with Crippen molar-refractivity contribution in [1.82, 2.24) is 5.32 Å². The van der Waals surface area contributed by atoms with Gasteiger partial charge in [-0.15, -0.1) is 0 Å². The number of nitrogens with zero attached hydrogens (tertiary/aromatic N) is 1. The molecule has 0 atom stereocenters. The maximum Gasteiger partial charge on any atom is 0.0997 e. The standard InChI is InChI=1S/C12H12N2/c13-8-12-4-2-1-3-11(12)7-10-5-6-14-9-10/h1-4,7,14H,5-6,9H2/b10-7-. The van der Waals surface area contributed by atoms with Gasteiger partial charge in [-0.1, -0.05) is 29.8 Å². The lowest BCUT2D eigenvalue weighted by molar-refractivity contribution is 0.862. The van der Waals surface area contributed by atoms with Gasteiger partial charge in [0, 0.05) is 6.54 Å². The van der Waals surface area contributed by atoms with E-state index in [4.69, 9.17) is 5.26 Å². The fourth-order valence-electron chi connectivity index (χ4n) is 1.65. The summed E-state index contributed by atoms with van der Waals surface area (Å²) in [6, 6.07) is 9.91. The van der Waals surface area contributed by atoms with E-state index < -0.39 is 0 Å². The Balaban J connectivity index is 2.32. The molecular weight excluding hydrogens is 172 g/mol. The second-order valence-electron chi connectivity index (χ2n) is 3.43. The van der Waals surface area contributed by atoms with Gasteiger partial charge in [0.05, 0.1) is 11.6 Å². The van der Waals surface area contributed by atoms with Gasteiger partial charge < -0.3 is 5.32 Å². The van der Waals surface area contributed by atoms with E-state index in [1.54, 1.807) is 0 Å². The van der Waals surface area contributed by atoms with E-state index in [1.807, 2.05) is 24.3 Å². The summed E-state index contributed by atoms with van der Waals surface area (Å²) in [6.07, 6.45) is 3.22. The van der Waals surface area contributed by atoms with Gasteiger partial charge in [0.1, 0.15) is 0 Å². The minimum Gasteiger partial charge on any atom is -0.313 e. The minimum absolute atomic E-state index is 0.756. The number of benzene rings is 1. The normalized spacial score (nSPS) is 18.4. The zero-order valence-electron chi connectivity index (χ0n) is 7.96. The van der Waals surface area contributed by atoms with Gasteiger partial charge in [-0.05, 0) is 24.6 Å². The lowest BCUT2D eigenvalue weighted by Crippen LogP contribution is -2.04. The van der Waals surface area contributed by atoms with E-state index in [-0.39, 0.29) is 0 Å². The highest BCUT2D eigenvalue weighted by Gasteiger charge is 2.06. The molecule has 0 aliphatic carbocycles. The van der Waals surface area contributed by atoms with Crippen LogP contribution in [0.25, 0.3) is 6.08 Å². The van der Waals surface area contributed by atoms with E-state index in [1.165, 1.54) is 5.57 Å². The Morgan fingerprint density at radius 1 is 1.36 bits per heavy atom. The largest absolute Gasteiger partial charge is 0.313 e. The molecule has 0 amide bonds. The predicted molar refractivity (Wildman–Crippen MR) is 56.6 cm³/mol. The molecule has 2 heteroatoms. The molecule has 2 nitrogen and oxygen atoms in total. The summed E-state index contributed by atoms with van der Waals surface area (Å²) in [7, 11) is 0. The Bertz CT molecular complexity index is 391. The Kier molecular flexibility index (Phi) is 2.62. The number of rotatable bonds is 1. The molecule has 1 aliphatic rings. The number of nitriles is 1. The van der Waals surface area contributed by atoms with E-state index in [0.717, 1.165) is 30.6 Å². The van der Waals surface area contributed by atoms with Gasteiger partial charge in [0.25, 0.3) is 0 Å². The molecule has 0 radical (unpaired) electrons. The van der Waals surface area contributed by atoms with Crippen LogP contribution in [0.3, 0.4) is 0 Å². The molecule has 1 fully saturated rings.